The number of aryl methyl sites for hydroxylation is 2. The van der Waals surface area contributed by atoms with Crippen molar-refractivity contribution in [2.45, 2.75) is 31.8 Å². The Kier molecular flexibility index (Phi) is 5.93. The molecule has 1 N–H and O–H groups in total. The summed E-state index contributed by atoms with van der Waals surface area (Å²) in [5.74, 6) is 1.79. The highest BCUT2D eigenvalue weighted by molar-refractivity contribution is 5.97. The molecule has 4 aromatic rings. The molecule has 2 aliphatic rings. The maximum absolute atomic E-state index is 13.7. The predicted molar refractivity (Wildman–Crippen MR) is 140 cm³/mol. The van der Waals surface area contributed by atoms with Gasteiger partial charge in [0.05, 0.1) is 24.9 Å². The first-order valence-corrected chi connectivity index (χ1v) is 12.6. The van der Waals surface area contributed by atoms with Crippen molar-refractivity contribution in [1.29, 1.82) is 0 Å². The first-order chi connectivity index (χ1) is 17.9. The molecule has 0 unspecified atom stereocenters. The second kappa shape index (κ2) is 9.28. The molecule has 0 spiro atoms. The molecule has 0 radical (unpaired) electrons. The topological polar surface area (TPSA) is 89.7 Å². The van der Waals surface area contributed by atoms with E-state index in [-0.39, 0.29) is 5.91 Å². The summed E-state index contributed by atoms with van der Waals surface area (Å²) < 4.78 is 17.5. The fraction of sp³-hybridized carbons (Fsp3) is 0.345. The molecule has 2 fully saturated rings. The maximum atomic E-state index is 13.7. The lowest BCUT2D eigenvalue weighted by atomic mass is 9.83. The Labute approximate surface area is 215 Å². The zero-order valence-electron chi connectivity index (χ0n) is 21.3. The van der Waals surface area contributed by atoms with E-state index in [1.54, 1.807) is 12.4 Å². The zero-order chi connectivity index (χ0) is 25.6. The Morgan fingerprint density at radius 1 is 1.19 bits per heavy atom. The van der Waals surface area contributed by atoms with Gasteiger partial charge in [-0.1, -0.05) is 12.1 Å². The number of likely N-dealkylation sites (tertiary alicyclic amines) is 1. The number of ether oxygens (including phenoxy) is 2. The lowest BCUT2D eigenvalue weighted by Gasteiger charge is -2.43. The van der Waals surface area contributed by atoms with Crippen LogP contribution in [0.1, 0.15) is 33.8 Å². The minimum absolute atomic E-state index is 0.162. The Bertz CT molecular complexity index is 1480. The highest BCUT2D eigenvalue weighted by Gasteiger charge is 2.43. The van der Waals surface area contributed by atoms with Crippen LogP contribution in [-0.4, -0.2) is 60.2 Å². The Hall–Kier alpha value is -3.75. The second-order valence-corrected chi connectivity index (χ2v) is 10.1. The minimum Gasteiger partial charge on any atom is -0.492 e. The number of hydrogen-bond acceptors (Lipinski definition) is 7. The molecule has 4 heterocycles. The zero-order valence-corrected chi connectivity index (χ0v) is 21.3. The number of nitrogens with one attached hydrogen (secondary N) is 1. The average molecular weight is 499 g/mol. The fourth-order valence-corrected chi connectivity index (χ4v) is 5.01. The molecule has 2 aromatic carbocycles. The highest BCUT2D eigenvalue weighted by atomic mass is 16.5. The van der Waals surface area contributed by atoms with E-state index in [4.69, 9.17) is 13.9 Å². The molecule has 8 heteroatoms. The second-order valence-electron chi connectivity index (χ2n) is 10.1. The third-order valence-electron chi connectivity index (χ3n) is 7.53. The number of oxazole rings is 1. The molecular weight excluding hydrogens is 468 g/mol. The molecule has 0 bridgehead atoms. The molecular formula is C29H30N4O4. The van der Waals surface area contributed by atoms with E-state index in [2.05, 4.69) is 27.2 Å². The number of pyridine rings is 1. The molecule has 1 amide bonds. The summed E-state index contributed by atoms with van der Waals surface area (Å²) in [6, 6.07) is 14.1. The lowest BCUT2D eigenvalue weighted by molar-refractivity contribution is -0.0726. The van der Waals surface area contributed by atoms with Crippen LogP contribution in [0.3, 0.4) is 0 Å². The van der Waals surface area contributed by atoms with E-state index >= 15 is 0 Å². The average Bonchev–Trinajstić information content (AvgIpc) is 3.32. The summed E-state index contributed by atoms with van der Waals surface area (Å²) in [5.41, 5.74) is 3.40. The van der Waals surface area contributed by atoms with Gasteiger partial charge in [0, 0.05) is 35.7 Å². The summed E-state index contributed by atoms with van der Waals surface area (Å²) >= 11 is 0. The lowest BCUT2D eigenvalue weighted by Crippen LogP contribution is -2.59. The summed E-state index contributed by atoms with van der Waals surface area (Å²) in [6.45, 7) is 6.20. The van der Waals surface area contributed by atoms with E-state index < -0.39 is 5.54 Å². The van der Waals surface area contributed by atoms with E-state index in [9.17, 15) is 4.79 Å². The normalized spacial score (nSPS) is 18.7. The third-order valence-corrected chi connectivity index (χ3v) is 7.53. The number of aromatic nitrogens is 2. The Balaban J connectivity index is 1.32. The van der Waals surface area contributed by atoms with Gasteiger partial charge in [0.15, 0.2) is 11.7 Å². The number of hydrogen-bond donors (Lipinski definition) is 1. The van der Waals surface area contributed by atoms with Gasteiger partial charge in [-0.15, -0.1) is 0 Å². The van der Waals surface area contributed by atoms with Crippen molar-refractivity contribution >= 4 is 16.8 Å². The van der Waals surface area contributed by atoms with Crippen LogP contribution in [-0.2, 0) is 10.3 Å². The largest absolute Gasteiger partial charge is 0.492 e. The third kappa shape index (κ3) is 4.36. The summed E-state index contributed by atoms with van der Waals surface area (Å²) in [7, 11) is 2.10. The van der Waals surface area contributed by atoms with Gasteiger partial charge in [0.2, 0.25) is 0 Å². The molecule has 6 rings (SSSR count). The number of benzene rings is 2. The van der Waals surface area contributed by atoms with E-state index in [1.807, 2.05) is 56.3 Å². The van der Waals surface area contributed by atoms with Crippen molar-refractivity contribution in [2.75, 3.05) is 33.4 Å². The van der Waals surface area contributed by atoms with E-state index in [0.717, 1.165) is 40.6 Å². The van der Waals surface area contributed by atoms with Crippen LogP contribution in [0.2, 0.25) is 0 Å². The van der Waals surface area contributed by atoms with Crippen LogP contribution in [0.15, 0.2) is 59.3 Å². The maximum Gasteiger partial charge on any atom is 0.252 e. The number of carbonyl (C=O) groups is 1. The molecule has 190 valence electrons. The number of likely N-dealkylation sites (N-methyl/N-ethyl adjacent to an activating group) is 1. The van der Waals surface area contributed by atoms with Crippen LogP contribution in [0.4, 0.5) is 0 Å². The fourth-order valence-electron chi connectivity index (χ4n) is 5.01. The molecule has 1 atom stereocenters. The van der Waals surface area contributed by atoms with Crippen molar-refractivity contribution in [1.82, 2.24) is 20.2 Å². The van der Waals surface area contributed by atoms with Crippen molar-refractivity contribution in [3.05, 3.63) is 77.4 Å². The number of fused-ring (bicyclic) bond motifs is 1. The first-order valence-electron chi connectivity index (χ1n) is 12.6. The van der Waals surface area contributed by atoms with Gasteiger partial charge >= 0.3 is 0 Å². The monoisotopic (exact) mass is 498 g/mol. The van der Waals surface area contributed by atoms with Gasteiger partial charge in [-0.3, -0.25) is 14.7 Å². The molecule has 0 saturated carbocycles. The van der Waals surface area contributed by atoms with Crippen LogP contribution >= 0.6 is 0 Å². The van der Waals surface area contributed by atoms with Crippen molar-refractivity contribution < 1.29 is 18.7 Å². The molecule has 2 saturated heterocycles. The summed E-state index contributed by atoms with van der Waals surface area (Å²) in [5, 5.41) is 4.26. The number of amides is 1. The number of carbonyl (C=O) groups excluding carboxylic acids is 1. The molecule has 37 heavy (non-hydrogen) atoms. The number of nitrogens with zero attached hydrogens (tertiary/aromatic N) is 3. The number of rotatable bonds is 7. The first kappa shape index (κ1) is 23.6. The van der Waals surface area contributed by atoms with Crippen LogP contribution in [0.5, 0.6) is 5.75 Å². The quantitative estimate of drug-likeness (QED) is 0.408. The summed E-state index contributed by atoms with van der Waals surface area (Å²) in [4.78, 5) is 24.8. The highest BCUT2D eigenvalue weighted by Crippen LogP contribution is 2.38. The Morgan fingerprint density at radius 2 is 2.05 bits per heavy atom. The predicted octanol–water partition coefficient (Wildman–Crippen LogP) is 4.25. The molecule has 0 aliphatic carbocycles. The van der Waals surface area contributed by atoms with Gasteiger partial charge in [0.25, 0.3) is 5.91 Å². The van der Waals surface area contributed by atoms with Crippen molar-refractivity contribution in [3.8, 4) is 17.1 Å². The van der Waals surface area contributed by atoms with Crippen LogP contribution < -0.4 is 10.1 Å². The van der Waals surface area contributed by atoms with Crippen LogP contribution in [0, 0.1) is 13.8 Å². The van der Waals surface area contributed by atoms with Crippen molar-refractivity contribution in [2.24, 2.45) is 0 Å². The van der Waals surface area contributed by atoms with Crippen LogP contribution in [0.25, 0.3) is 22.2 Å². The van der Waals surface area contributed by atoms with Crippen molar-refractivity contribution in [3.63, 3.8) is 0 Å². The van der Waals surface area contributed by atoms with Gasteiger partial charge in [-0.05, 0) is 68.4 Å². The van der Waals surface area contributed by atoms with Gasteiger partial charge < -0.3 is 19.2 Å². The SMILES string of the molecule is Cc1ncc(-c2cc(C3(NC(=O)c4cc(OC[C@@H]5CCN5C)ccc4C)COC3)c3cccnc3c2)o1. The van der Waals surface area contributed by atoms with E-state index in [1.165, 1.54) is 0 Å². The van der Waals surface area contributed by atoms with Gasteiger partial charge in [-0.25, -0.2) is 4.98 Å². The Morgan fingerprint density at radius 3 is 2.73 bits per heavy atom. The molecule has 2 aliphatic heterocycles. The van der Waals surface area contributed by atoms with Gasteiger partial charge in [0.1, 0.15) is 17.9 Å². The molecule has 8 nitrogen and oxygen atoms in total. The van der Waals surface area contributed by atoms with E-state index in [0.29, 0.717) is 48.8 Å². The smallest absolute Gasteiger partial charge is 0.252 e. The standard InChI is InChI=1S/C29H30N4O4/c1-18-6-7-22(36-15-21-8-10-33(21)3)13-24(18)28(34)32-29(16-35-17-29)25-11-20(27-14-31-19(2)37-27)12-26-23(25)5-4-9-30-26/h4-7,9,11-14,21H,8,10,15-17H2,1-3H3,(H,32,34)/t21-/m0/s1. The van der Waals surface area contributed by atoms with Gasteiger partial charge in [-0.2, -0.15) is 0 Å². The molecule has 2 aromatic heterocycles. The summed E-state index contributed by atoms with van der Waals surface area (Å²) in [6.07, 6.45) is 4.61. The minimum atomic E-state index is -0.693.